The van der Waals surface area contributed by atoms with Gasteiger partial charge < -0.3 is 15.4 Å². The second-order valence-electron chi connectivity index (χ2n) is 5.99. The van der Waals surface area contributed by atoms with Gasteiger partial charge in [-0.05, 0) is 19.1 Å². The molecule has 3 N–H and O–H groups in total. The quantitative estimate of drug-likeness (QED) is 0.424. The molecular weight excluding hydrogens is 382 g/mol. The molecule has 3 rings (SSSR count). The van der Waals surface area contributed by atoms with E-state index in [-0.39, 0.29) is 34.6 Å². The molecule has 9 nitrogen and oxygen atoms in total. The van der Waals surface area contributed by atoms with Gasteiger partial charge in [0.05, 0.1) is 17.4 Å². The van der Waals surface area contributed by atoms with Crippen molar-refractivity contribution >= 4 is 23.4 Å². The van der Waals surface area contributed by atoms with Gasteiger partial charge in [0.25, 0.3) is 11.1 Å². The van der Waals surface area contributed by atoms with E-state index in [4.69, 9.17) is 0 Å². The standard InChI is InChI=1S/C18H19N5O4S/c1-11-16(17(27)23(22(11)2)12-6-4-3-5-7-12)19-13(24)8-9-28-18-20-14(25)10-15(26)21-18/h3-7,10H,8-9H2,1-2H3,(H,19,24)(H2,20,21,25,26). The molecule has 0 aliphatic heterocycles. The molecule has 146 valence electrons. The first-order chi connectivity index (χ1) is 13.4. The van der Waals surface area contributed by atoms with Gasteiger partial charge in [0.2, 0.25) is 11.8 Å². The van der Waals surface area contributed by atoms with E-state index in [9.17, 15) is 19.5 Å². The van der Waals surface area contributed by atoms with Crippen molar-refractivity contribution in [2.24, 2.45) is 7.05 Å². The van der Waals surface area contributed by atoms with E-state index >= 15 is 0 Å². The predicted molar refractivity (Wildman–Crippen MR) is 106 cm³/mol. The van der Waals surface area contributed by atoms with E-state index in [2.05, 4.69) is 15.3 Å². The normalized spacial score (nSPS) is 10.8. The average Bonchev–Trinajstić information content (AvgIpc) is 2.85. The first-order valence-electron chi connectivity index (χ1n) is 8.44. The third-order valence-corrected chi connectivity index (χ3v) is 4.97. The maximum Gasteiger partial charge on any atom is 0.295 e. The van der Waals surface area contributed by atoms with Crippen LogP contribution in [0.5, 0.6) is 5.88 Å². The average molecular weight is 401 g/mol. The van der Waals surface area contributed by atoms with Crippen LogP contribution in [0.4, 0.5) is 5.69 Å². The highest BCUT2D eigenvalue weighted by atomic mass is 32.2. The number of rotatable bonds is 6. The lowest BCUT2D eigenvalue weighted by molar-refractivity contribution is -0.115. The molecule has 0 aliphatic carbocycles. The summed E-state index contributed by atoms with van der Waals surface area (Å²) >= 11 is 1.13. The Morgan fingerprint density at radius 2 is 2.00 bits per heavy atom. The Balaban J connectivity index is 1.69. The Kier molecular flexibility index (Phi) is 5.69. The number of hydrogen-bond acceptors (Lipinski definition) is 6. The first kappa shape index (κ1) is 19.5. The highest BCUT2D eigenvalue weighted by molar-refractivity contribution is 7.99. The van der Waals surface area contributed by atoms with Crippen molar-refractivity contribution < 1.29 is 9.90 Å². The molecule has 0 unspecified atom stereocenters. The van der Waals surface area contributed by atoms with Gasteiger partial charge in [0.1, 0.15) is 5.69 Å². The summed E-state index contributed by atoms with van der Waals surface area (Å²) in [5.74, 6) is -0.394. The monoisotopic (exact) mass is 401 g/mol. The van der Waals surface area contributed by atoms with E-state index in [0.29, 0.717) is 17.1 Å². The van der Waals surface area contributed by atoms with Gasteiger partial charge in [-0.3, -0.25) is 19.1 Å². The summed E-state index contributed by atoms with van der Waals surface area (Å²) in [6, 6.07) is 10.1. The third-order valence-electron chi connectivity index (χ3n) is 4.09. The molecule has 10 heteroatoms. The molecule has 0 bridgehead atoms. The number of H-pyrrole nitrogens is 1. The molecule has 0 atom stereocenters. The van der Waals surface area contributed by atoms with Crippen molar-refractivity contribution in [2.75, 3.05) is 11.1 Å². The highest BCUT2D eigenvalue weighted by Crippen LogP contribution is 2.16. The van der Waals surface area contributed by atoms with Crippen LogP contribution in [0.15, 0.2) is 51.1 Å². The van der Waals surface area contributed by atoms with Crippen LogP contribution in [0.2, 0.25) is 0 Å². The molecule has 0 saturated heterocycles. The van der Waals surface area contributed by atoms with Crippen LogP contribution in [0, 0.1) is 6.92 Å². The number of nitrogens with one attached hydrogen (secondary N) is 2. The fourth-order valence-corrected chi connectivity index (χ4v) is 3.46. The number of nitrogens with zero attached hydrogens (tertiary/aromatic N) is 3. The van der Waals surface area contributed by atoms with E-state index in [1.807, 2.05) is 30.3 Å². The van der Waals surface area contributed by atoms with E-state index in [1.54, 1.807) is 18.7 Å². The van der Waals surface area contributed by atoms with Crippen molar-refractivity contribution in [3.05, 3.63) is 62.8 Å². The number of thioether (sulfide) groups is 1. The lowest BCUT2D eigenvalue weighted by atomic mass is 10.3. The minimum atomic E-state index is -0.471. The van der Waals surface area contributed by atoms with Gasteiger partial charge in [0, 0.05) is 19.2 Å². The number of aromatic hydroxyl groups is 1. The van der Waals surface area contributed by atoms with Crippen LogP contribution < -0.4 is 16.4 Å². The summed E-state index contributed by atoms with van der Waals surface area (Å²) in [6.45, 7) is 1.76. The van der Waals surface area contributed by atoms with Gasteiger partial charge in [0.15, 0.2) is 5.16 Å². The number of aromatic nitrogens is 4. The van der Waals surface area contributed by atoms with Gasteiger partial charge in [-0.25, -0.2) is 4.68 Å². The Morgan fingerprint density at radius 1 is 1.29 bits per heavy atom. The summed E-state index contributed by atoms with van der Waals surface area (Å²) in [5.41, 5.74) is 0.777. The topological polar surface area (TPSA) is 122 Å². The Hall–Kier alpha value is -3.27. The summed E-state index contributed by atoms with van der Waals surface area (Å²) in [5, 5.41) is 12.2. The number of amides is 1. The number of carbonyl (C=O) groups excluding carboxylic acids is 1. The van der Waals surface area contributed by atoms with Gasteiger partial charge in [-0.2, -0.15) is 4.98 Å². The van der Waals surface area contributed by atoms with Gasteiger partial charge in [-0.15, -0.1) is 0 Å². The van der Waals surface area contributed by atoms with E-state index in [1.165, 1.54) is 4.68 Å². The maximum absolute atomic E-state index is 12.8. The van der Waals surface area contributed by atoms with Crippen LogP contribution in [-0.4, -0.2) is 36.1 Å². The van der Waals surface area contributed by atoms with Crippen molar-refractivity contribution in [2.45, 2.75) is 18.5 Å². The SMILES string of the molecule is Cc1c(NC(=O)CCSc2nc(O)cc(=O)[nH]2)c(=O)n(-c2ccccc2)n1C. The summed E-state index contributed by atoms with van der Waals surface area (Å²) in [6.07, 6.45) is 0.100. The Labute approximate surface area is 164 Å². The lowest BCUT2D eigenvalue weighted by Gasteiger charge is -2.07. The molecule has 3 aromatic rings. The zero-order valence-electron chi connectivity index (χ0n) is 15.3. The molecule has 0 saturated carbocycles. The largest absolute Gasteiger partial charge is 0.493 e. The highest BCUT2D eigenvalue weighted by Gasteiger charge is 2.18. The molecule has 2 heterocycles. The molecule has 28 heavy (non-hydrogen) atoms. The zero-order valence-corrected chi connectivity index (χ0v) is 16.1. The smallest absolute Gasteiger partial charge is 0.295 e. The van der Waals surface area contributed by atoms with Gasteiger partial charge in [-0.1, -0.05) is 30.0 Å². The lowest BCUT2D eigenvalue weighted by Crippen LogP contribution is -2.23. The Morgan fingerprint density at radius 3 is 2.68 bits per heavy atom. The molecule has 2 aromatic heterocycles. The molecule has 0 spiro atoms. The van der Waals surface area contributed by atoms with Crippen molar-refractivity contribution in [1.82, 2.24) is 19.3 Å². The summed E-state index contributed by atoms with van der Waals surface area (Å²) < 4.78 is 3.17. The maximum atomic E-state index is 12.8. The molecule has 0 fully saturated rings. The minimum Gasteiger partial charge on any atom is -0.493 e. The predicted octanol–water partition coefficient (Wildman–Crippen LogP) is 1.39. The van der Waals surface area contributed by atoms with Crippen LogP contribution in [0.3, 0.4) is 0 Å². The van der Waals surface area contributed by atoms with E-state index < -0.39 is 5.56 Å². The summed E-state index contributed by atoms with van der Waals surface area (Å²) in [7, 11) is 1.75. The zero-order chi connectivity index (χ0) is 20.3. The van der Waals surface area contributed by atoms with E-state index in [0.717, 1.165) is 17.8 Å². The fourth-order valence-electron chi connectivity index (χ4n) is 2.65. The number of para-hydroxylation sites is 1. The second kappa shape index (κ2) is 8.17. The van der Waals surface area contributed by atoms with Crippen LogP contribution in [-0.2, 0) is 11.8 Å². The molecular formula is C18H19N5O4S. The first-order valence-corrected chi connectivity index (χ1v) is 9.42. The molecule has 0 radical (unpaired) electrons. The van der Waals surface area contributed by atoms with Crippen molar-refractivity contribution in [3.8, 4) is 11.6 Å². The second-order valence-corrected chi connectivity index (χ2v) is 7.08. The van der Waals surface area contributed by atoms with Crippen LogP contribution in [0.25, 0.3) is 5.69 Å². The molecule has 0 aliphatic rings. The van der Waals surface area contributed by atoms with Crippen LogP contribution in [0.1, 0.15) is 12.1 Å². The Bertz CT molecular complexity index is 1120. The number of aromatic amines is 1. The molecule has 1 aromatic carbocycles. The van der Waals surface area contributed by atoms with Crippen molar-refractivity contribution in [1.29, 1.82) is 0 Å². The number of carbonyl (C=O) groups is 1. The van der Waals surface area contributed by atoms with Crippen molar-refractivity contribution in [3.63, 3.8) is 0 Å². The fraction of sp³-hybridized carbons (Fsp3) is 0.222. The van der Waals surface area contributed by atoms with Crippen LogP contribution >= 0.6 is 11.8 Å². The third kappa shape index (κ3) is 4.17. The summed E-state index contributed by atoms with van der Waals surface area (Å²) in [4.78, 5) is 42.6. The molecule has 1 amide bonds. The number of anilines is 1. The number of benzene rings is 1. The van der Waals surface area contributed by atoms with Gasteiger partial charge >= 0.3 is 0 Å². The minimum absolute atomic E-state index is 0.100. The number of hydrogen-bond donors (Lipinski definition) is 3.